The lowest BCUT2D eigenvalue weighted by Crippen LogP contribution is -2.47. The van der Waals surface area contributed by atoms with Crippen LogP contribution in [0.2, 0.25) is 0 Å². The topological polar surface area (TPSA) is 63.1 Å². The van der Waals surface area contributed by atoms with Crippen molar-refractivity contribution >= 4 is 6.03 Å². The fraction of sp³-hybridized carbons (Fsp3) is 0.550. The molecule has 1 fully saturated rings. The molecule has 1 aromatic carbocycles. The number of nitrogens with one attached hydrogen (secondary N) is 1. The summed E-state index contributed by atoms with van der Waals surface area (Å²) in [5, 5.41) is 11.5. The van der Waals surface area contributed by atoms with Crippen LogP contribution < -0.4 is 5.32 Å². The number of amides is 2. The summed E-state index contributed by atoms with van der Waals surface area (Å²) in [6, 6.07) is 8.71. The van der Waals surface area contributed by atoms with Gasteiger partial charge in [0, 0.05) is 19.5 Å². The Bertz CT molecular complexity index is 782. The van der Waals surface area contributed by atoms with E-state index in [-0.39, 0.29) is 12.1 Å². The van der Waals surface area contributed by atoms with Gasteiger partial charge in [-0.05, 0) is 37.7 Å². The van der Waals surface area contributed by atoms with Gasteiger partial charge < -0.3 is 14.8 Å². The van der Waals surface area contributed by atoms with Crippen molar-refractivity contribution in [3.8, 4) is 0 Å². The number of piperidine rings is 1. The number of likely N-dealkylation sites (tertiary alicyclic amines) is 1. The second-order valence-electron chi connectivity index (χ2n) is 7.61. The molecule has 1 aromatic heterocycles. The van der Waals surface area contributed by atoms with Gasteiger partial charge in [0.05, 0.1) is 12.6 Å². The highest BCUT2D eigenvalue weighted by Crippen LogP contribution is 2.35. The first kappa shape index (κ1) is 17.1. The van der Waals surface area contributed by atoms with Crippen molar-refractivity contribution in [3.63, 3.8) is 0 Å². The van der Waals surface area contributed by atoms with E-state index >= 15 is 0 Å². The molecule has 0 saturated carbocycles. The molecule has 2 amide bonds. The molecule has 0 unspecified atom stereocenters. The molecule has 2 aliphatic rings. The lowest BCUT2D eigenvalue weighted by atomic mass is 9.86. The van der Waals surface area contributed by atoms with Crippen LogP contribution in [0, 0.1) is 12.8 Å². The Labute approximate surface area is 154 Å². The van der Waals surface area contributed by atoms with Crippen LogP contribution in [-0.2, 0) is 19.5 Å². The van der Waals surface area contributed by atoms with Crippen LogP contribution in [0.5, 0.6) is 0 Å². The molecule has 0 bridgehead atoms. The zero-order chi connectivity index (χ0) is 18.1. The number of carbonyl (C=O) groups excluding carboxylic acids is 1. The summed E-state index contributed by atoms with van der Waals surface area (Å²) in [6.45, 7) is 6.54. The van der Waals surface area contributed by atoms with Crippen LogP contribution in [0.1, 0.15) is 55.0 Å². The van der Waals surface area contributed by atoms with Crippen LogP contribution in [0.3, 0.4) is 0 Å². The summed E-state index contributed by atoms with van der Waals surface area (Å²) in [5.41, 5.74) is 2.47. The van der Waals surface area contributed by atoms with Crippen LogP contribution in [0.4, 0.5) is 4.79 Å². The molecule has 6 heteroatoms. The zero-order valence-corrected chi connectivity index (χ0v) is 15.6. The number of aromatic nitrogens is 3. The summed E-state index contributed by atoms with van der Waals surface area (Å²) in [6.07, 6.45) is 4.31. The molecule has 0 aliphatic carbocycles. The smallest absolute Gasteiger partial charge is 0.318 e. The number of urea groups is 1. The molecular weight excluding hydrogens is 326 g/mol. The second-order valence-corrected chi connectivity index (χ2v) is 7.61. The van der Waals surface area contributed by atoms with E-state index in [0.717, 1.165) is 50.4 Å². The minimum absolute atomic E-state index is 0.00234. The van der Waals surface area contributed by atoms with Gasteiger partial charge in [0.25, 0.3) is 0 Å². The van der Waals surface area contributed by atoms with E-state index in [9.17, 15) is 4.79 Å². The van der Waals surface area contributed by atoms with Gasteiger partial charge >= 0.3 is 6.03 Å². The third kappa shape index (κ3) is 3.20. The van der Waals surface area contributed by atoms with Crippen molar-refractivity contribution in [2.24, 2.45) is 5.92 Å². The molecule has 26 heavy (non-hydrogen) atoms. The molecule has 1 N–H and O–H groups in total. The molecule has 3 heterocycles. The summed E-state index contributed by atoms with van der Waals surface area (Å²) < 4.78 is 2.14. The fourth-order valence-corrected chi connectivity index (χ4v) is 4.29. The van der Waals surface area contributed by atoms with Crippen LogP contribution in [0.25, 0.3) is 0 Å². The summed E-state index contributed by atoms with van der Waals surface area (Å²) in [4.78, 5) is 14.9. The Hall–Kier alpha value is -2.37. The number of fused-ring (bicyclic) bond motifs is 1. The fourth-order valence-electron chi connectivity index (χ4n) is 4.29. The molecule has 6 nitrogen and oxygen atoms in total. The maximum absolute atomic E-state index is 12.9. The highest BCUT2D eigenvalue weighted by Gasteiger charge is 2.33. The number of rotatable bonds is 3. The Kier molecular flexibility index (Phi) is 4.66. The molecule has 2 aromatic rings. The van der Waals surface area contributed by atoms with E-state index in [1.807, 2.05) is 4.90 Å². The van der Waals surface area contributed by atoms with Gasteiger partial charge in [0.15, 0.2) is 5.82 Å². The molecular formula is C20H27N5O. The monoisotopic (exact) mass is 353 g/mol. The van der Waals surface area contributed by atoms with E-state index in [4.69, 9.17) is 0 Å². The van der Waals surface area contributed by atoms with Crippen LogP contribution in [-0.4, -0.2) is 32.2 Å². The molecule has 138 valence electrons. The minimum atomic E-state index is -0.00234. The van der Waals surface area contributed by atoms with Gasteiger partial charge in [-0.2, -0.15) is 0 Å². The number of nitrogens with zero attached hydrogens (tertiary/aromatic N) is 4. The largest absolute Gasteiger partial charge is 0.331 e. The SMILES string of the molecule is Cc1ccc([C@@H]2[C@@H](C)CCCN2C(=O)NCc2nnc3n2CCC3)cc1. The van der Waals surface area contributed by atoms with E-state index < -0.39 is 0 Å². The predicted molar refractivity (Wildman–Crippen MR) is 99.6 cm³/mol. The summed E-state index contributed by atoms with van der Waals surface area (Å²) in [5.74, 6) is 2.36. The van der Waals surface area contributed by atoms with Crippen LogP contribution >= 0.6 is 0 Å². The molecule has 1 saturated heterocycles. The Morgan fingerprint density at radius 2 is 2.00 bits per heavy atom. The van der Waals surface area contributed by atoms with Gasteiger partial charge in [-0.3, -0.25) is 0 Å². The standard InChI is InChI=1S/C20H27N5O/c1-14-7-9-16(10-8-14)19-15(2)5-3-12-25(19)20(26)21-13-18-23-22-17-6-4-11-24(17)18/h7-10,15,19H,3-6,11-13H2,1-2H3,(H,21,26)/t15-,19-/m0/s1. The average Bonchev–Trinajstić information content (AvgIpc) is 3.24. The zero-order valence-electron chi connectivity index (χ0n) is 15.6. The first-order valence-electron chi connectivity index (χ1n) is 9.65. The van der Waals surface area contributed by atoms with Gasteiger partial charge in [0.1, 0.15) is 5.82 Å². The molecule has 0 spiro atoms. The van der Waals surface area contributed by atoms with Crippen molar-refractivity contribution in [2.75, 3.05) is 6.54 Å². The molecule has 0 radical (unpaired) electrons. The first-order chi connectivity index (χ1) is 12.6. The van der Waals surface area contributed by atoms with Gasteiger partial charge in [-0.1, -0.05) is 36.8 Å². The maximum atomic E-state index is 12.9. The number of hydrogen-bond donors (Lipinski definition) is 1. The molecule has 2 atom stereocenters. The van der Waals surface area contributed by atoms with E-state index in [1.165, 1.54) is 11.1 Å². The Morgan fingerprint density at radius 3 is 2.81 bits per heavy atom. The van der Waals surface area contributed by atoms with Gasteiger partial charge in [0.2, 0.25) is 0 Å². The van der Waals surface area contributed by atoms with E-state index in [1.54, 1.807) is 0 Å². The summed E-state index contributed by atoms with van der Waals surface area (Å²) >= 11 is 0. The van der Waals surface area contributed by atoms with Crippen molar-refractivity contribution in [3.05, 3.63) is 47.0 Å². The van der Waals surface area contributed by atoms with Gasteiger partial charge in [-0.25, -0.2) is 4.79 Å². The lowest BCUT2D eigenvalue weighted by Gasteiger charge is -2.40. The Morgan fingerprint density at radius 1 is 1.19 bits per heavy atom. The van der Waals surface area contributed by atoms with Gasteiger partial charge in [-0.15, -0.1) is 10.2 Å². The maximum Gasteiger partial charge on any atom is 0.318 e. The second kappa shape index (κ2) is 7.09. The quantitative estimate of drug-likeness (QED) is 0.921. The normalized spacial score (nSPS) is 22.3. The van der Waals surface area contributed by atoms with Crippen molar-refractivity contribution in [2.45, 2.75) is 58.7 Å². The number of aryl methyl sites for hydroxylation is 2. The first-order valence-corrected chi connectivity index (χ1v) is 9.65. The highest BCUT2D eigenvalue weighted by atomic mass is 16.2. The van der Waals surface area contributed by atoms with E-state index in [2.05, 4.69) is 58.2 Å². The van der Waals surface area contributed by atoms with E-state index in [0.29, 0.717) is 12.5 Å². The Balaban J connectivity index is 1.48. The summed E-state index contributed by atoms with van der Waals surface area (Å²) in [7, 11) is 0. The highest BCUT2D eigenvalue weighted by molar-refractivity contribution is 5.75. The van der Waals surface area contributed by atoms with Crippen LogP contribution in [0.15, 0.2) is 24.3 Å². The average molecular weight is 353 g/mol. The third-order valence-corrected chi connectivity index (χ3v) is 5.70. The predicted octanol–water partition coefficient (Wildman–Crippen LogP) is 3.22. The third-order valence-electron chi connectivity index (χ3n) is 5.70. The molecule has 4 rings (SSSR count). The van der Waals surface area contributed by atoms with Crippen molar-refractivity contribution in [1.29, 1.82) is 0 Å². The minimum Gasteiger partial charge on any atom is -0.331 e. The molecule has 2 aliphatic heterocycles. The number of hydrogen-bond acceptors (Lipinski definition) is 3. The van der Waals surface area contributed by atoms with Crippen molar-refractivity contribution in [1.82, 2.24) is 25.0 Å². The number of carbonyl (C=O) groups is 1. The lowest BCUT2D eigenvalue weighted by molar-refractivity contribution is 0.119. The van der Waals surface area contributed by atoms with Crippen molar-refractivity contribution < 1.29 is 4.79 Å². The number of benzene rings is 1.